The average molecular weight is 234 g/mol. The van der Waals surface area contributed by atoms with Gasteiger partial charge in [0.05, 0.1) is 0 Å². The van der Waals surface area contributed by atoms with E-state index in [0.29, 0.717) is 5.41 Å². The molecule has 0 fully saturated rings. The molecule has 0 atom stereocenters. The number of hydrogen-bond acceptors (Lipinski definition) is 2. The predicted octanol–water partition coefficient (Wildman–Crippen LogP) is 3.78. The van der Waals surface area contributed by atoms with Crippen molar-refractivity contribution in [3.8, 4) is 0 Å². The first-order valence-corrected chi connectivity index (χ1v) is 6.74. The highest BCUT2D eigenvalue weighted by Crippen LogP contribution is 2.22. The molecule has 0 aromatic carbocycles. The van der Waals surface area contributed by atoms with E-state index in [1.807, 2.05) is 18.5 Å². The average Bonchev–Trinajstić information content (AvgIpc) is 2.30. The van der Waals surface area contributed by atoms with E-state index in [0.717, 1.165) is 13.1 Å². The Balaban J connectivity index is 2.20. The molecule has 1 N–H and O–H groups in total. The van der Waals surface area contributed by atoms with Crippen LogP contribution < -0.4 is 5.32 Å². The standard InChI is InChI=1S/C15H26N2/c1-4-5-6-9-15(2,3)13-17-12-14-8-7-10-16-11-14/h7-8,10-11,17H,4-6,9,12-13H2,1-3H3. The first-order valence-electron chi connectivity index (χ1n) is 6.74. The van der Waals surface area contributed by atoms with Crippen LogP contribution in [0.5, 0.6) is 0 Å². The van der Waals surface area contributed by atoms with E-state index < -0.39 is 0 Å². The number of aromatic nitrogens is 1. The van der Waals surface area contributed by atoms with E-state index in [-0.39, 0.29) is 0 Å². The van der Waals surface area contributed by atoms with E-state index in [2.05, 4.69) is 37.1 Å². The minimum atomic E-state index is 0.400. The summed E-state index contributed by atoms with van der Waals surface area (Å²) in [7, 11) is 0. The van der Waals surface area contributed by atoms with Crippen molar-refractivity contribution < 1.29 is 0 Å². The molecule has 0 bridgehead atoms. The Morgan fingerprint density at radius 1 is 1.29 bits per heavy atom. The fraction of sp³-hybridized carbons (Fsp3) is 0.667. The van der Waals surface area contributed by atoms with E-state index in [1.54, 1.807) is 0 Å². The summed E-state index contributed by atoms with van der Waals surface area (Å²) in [5.41, 5.74) is 1.66. The topological polar surface area (TPSA) is 24.9 Å². The molecule has 0 saturated carbocycles. The van der Waals surface area contributed by atoms with Gasteiger partial charge in [0.15, 0.2) is 0 Å². The first kappa shape index (κ1) is 14.2. The number of hydrogen-bond donors (Lipinski definition) is 1. The van der Waals surface area contributed by atoms with Gasteiger partial charge in [-0.1, -0.05) is 46.1 Å². The second kappa shape index (κ2) is 7.44. The lowest BCUT2D eigenvalue weighted by molar-refractivity contribution is 0.302. The molecule has 0 aliphatic carbocycles. The smallest absolute Gasteiger partial charge is 0.0312 e. The zero-order chi connectivity index (χ0) is 12.6. The van der Waals surface area contributed by atoms with Crippen molar-refractivity contribution in [2.45, 2.75) is 53.0 Å². The van der Waals surface area contributed by atoms with Gasteiger partial charge >= 0.3 is 0 Å². The van der Waals surface area contributed by atoms with Crippen molar-refractivity contribution in [2.24, 2.45) is 5.41 Å². The molecule has 2 heteroatoms. The summed E-state index contributed by atoms with van der Waals surface area (Å²) >= 11 is 0. The molecule has 2 nitrogen and oxygen atoms in total. The Kier molecular flexibility index (Phi) is 6.20. The zero-order valence-corrected chi connectivity index (χ0v) is 11.5. The lowest BCUT2D eigenvalue weighted by Gasteiger charge is -2.25. The van der Waals surface area contributed by atoms with Crippen molar-refractivity contribution in [2.75, 3.05) is 6.54 Å². The third kappa shape index (κ3) is 6.42. The zero-order valence-electron chi connectivity index (χ0n) is 11.5. The van der Waals surface area contributed by atoms with Crippen LogP contribution in [0.4, 0.5) is 0 Å². The van der Waals surface area contributed by atoms with Gasteiger partial charge in [0.25, 0.3) is 0 Å². The molecule has 0 aliphatic heterocycles. The summed E-state index contributed by atoms with van der Waals surface area (Å²) in [5.74, 6) is 0. The molecule has 96 valence electrons. The maximum Gasteiger partial charge on any atom is 0.0312 e. The van der Waals surface area contributed by atoms with Crippen molar-refractivity contribution in [1.29, 1.82) is 0 Å². The molecule has 0 aliphatic rings. The van der Waals surface area contributed by atoms with Crippen LogP contribution in [-0.2, 0) is 6.54 Å². The molecule has 17 heavy (non-hydrogen) atoms. The third-order valence-corrected chi connectivity index (χ3v) is 3.11. The van der Waals surface area contributed by atoms with Crippen LogP contribution in [0.25, 0.3) is 0 Å². The normalized spacial score (nSPS) is 11.7. The van der Waals surface area contributed by atoms with Gasteiger partial charge in [-0.25, -0.2) is 0 Å². The molecular weight excluding hydrogens is 208 g/mol. The van der Waals surface area contributed by atoms with Crippen LogP contribution in [0.1, 0.15) is 52.0 Å². The molecular formula is C15H26N2. The molecule has 0 unspecified atom stereocenters. The van der Waals surface area contributed by atoms with E-state index in [1.165, 1.54) is 31.2 Å². The summed E-state index contributed by atoms with van der Waals surface area (Å²) in [6, 6.07) is 4.10. The van der Waals surface area contributed by atoms with Gasteiger partial charge in [-0.3, -0.25) is 4.98 Å². The molecule has 0 radical (unpaired) electrons. The highest BCUT2D eigenvalue weighted by molar-refractivity contribution is 5.07. The summed E-state index contributed by atoms with van der Waals surface area (Å²) in [6.07, 6.45) is 9.06. The maximum atomic E-state index is 4.12. The van der Waals surface area contributed by atoms with Crippen molar-refractivity contribution >= 4 is 0 Å². The highest BCUT2D eigenvalue weighted by atomic mass is 14.9. The van der Waals surface area contributed by atoms with Crippen LogP contribution in [-0.4, -0.2) is 11.5 Å². The van der Waals surface area contributed by atoms with Crippen LogP contribution in [0.3, 0.4) is 0 Å². The largest absolute Gasteiger partial charge is 0.312 e. The Hall–Kier alpha value is -0.890. The maximum absolute atomic E-state index is 4.12. The van der Waals surface area contributed by atoms with E-state index >= 15 is 0 Å². The predicted molar refractivity (Wildman–Crippen MR) is 73.9 cm³/mol. The lowest BCUT2D eigenvalue weighted by atomic mass is 9.87. The van der Waals surface area contributed by atoms with Crippen LogP contribution in [0, 0.1) is 5.41 Å². The molecule has 1 heterocycles. The van der Waals surface area contributed by atoms with Crippen LogP contribution in [0.2, 0.25) is 0 Å². The molecule has 0 saturated heterocycles. The fourth-order valence-electron chi connectivity index (χ4n) is 1.99. The van der Waals surface area contributed by atoms with Gasteiger partial charge < -0.3 is 5.32 Å². The van der Waals surface area contributed by atoms with Crippen LogP contribution in [0.15, 0.2) is 24.5 Å². The molecule has 1 rings (SSSR count). The minimum Gasteiger partial charge on any atom is -0.312 e. The van der Waals surface area contributed by atoms with Gasteiger partial charge in [-0.05, 0) is 23.5 Å². The number of nitrogens with one attached hydrogen (secondary N) is 1. The summed E-state index contributed by atoms with van der Waals surface area (Å²) in [4.78, 5) is 4.12. The third-order valence-electron chi connectivity index (χ3n) is 3.11. The number of pyridine rings is 1. The summed E-state index contributed by atoms with van der Waals surface area (Å²) < 4.78 is 0. The molecule has 0 amide bonds. The lowest BCUT2D eigenvalue weighted by Crippen LogP contribution is -2.29. The van der Waals surface area contributed by atoms with E-state index in [9.17, 15) is 0 Å². The quantitative estimate of drug-likeness (QED) is 0.692. The van der Waals surface area contributed by atoms with Gasteiger partial charge in [0.1, 0.15) is 0 Å². The highest BCUT2D eigenvalue weighted by Gasteiger charge is 2.16. The number of unbranched alkanes of at least 4 members (excludes halogenated alkanes) is 2. The second-order valence-corrected chi connectivity index (χ2v) is 5.59. The van der Waals surface area contributed by atoms with Gasteiger partial charge in [-0.2, -0.15) is 0 Å². The Bertz CT molecular complexity index is 293. The second-order valence-electron chi connectivity index (χ2n) is 5.59. The minimum absolute atomic E-state index is 0.400. The van der Waals surface area contributed by atoms with Crippen molar-refractivity contribution in [1.82, 2.24) is 10.3 Å². The molecule has 1 aromatic heterocycles. The number of nitrogens with zero attached hydrogens (tertiary/aromatic N) is 1. The first-order chi connectivity index (χ1) is 8.14. The Morgan fingerprint density at radius 2 is 2.12 bits per heavy atom. The SMILES string of the molecule is CCCCCC(C)(C)CNCc1cccnc1. The van der Waals surface area contributed by atoms with E-state index in [4.69, 9.17) is 0 Å². The van der Waals surface area contributed by atoms with Crippen molar-refractivity contribution in [3.05, 3.63) is 30.1 Å². The van der Waals surface area contributed by atoms with Gasteiger partial charge in [0, 0.05) is 25.5 Å². The summed E-state index contributed by atoms with van der Waals surface area (Å²) in [6.45, 7) is 8.95. The van der Waals surface area contributed by atoms with Gasteiger partial charge in [0.2, 0.25) is 0 Å². The Morgan fingerprint density at radius 3 is 2.76 bits per heavy atom. The summed E-state index contributed by atoms with van der Waals surface area (Å²) in [5, 5.41) is 3.53. The molecule has 0 spiro atoms. The number of rotatable bonds is 8. The van der Waals surface area contributed by atoms with Crippen molar-refractivity contribution in [3.63, 3.8) is 0 Å². The molecule has 1 aromatic rings. The van der Waals surface area contributed by atoms with Gasteiger partial charge in [-0.15, -0.1) is 0 Å². The Labute approximate surface area is 106 Å². The fourth-order valence-corrected chi connectivity index (χ4v) is 1.99. The van der Waals surface area contributed by atoms with Crippen LogP contribution >= 0.6 is 0 Å². The monoisotopic (exact) mass is 234 g/mol.